The highest BCUT2D eigenvalue weighted by Gasteiger charge is 2.15. The van der Waals surface area contributed by atoms with Gasteiger partial charge in [-0.1, -0.05) is 77.6 Å². The molecule has 0 aromatic heterocycles. The van der Waals surface area contributed by atoms with Crippen LogP contribution in [0.2, 0.25) is 0 Å². The first kappa shape index (κ1) is 22.4. The maximum absolute atomic E-state index is 11.5. The first-order valence-corrected chi connectivity index (χ1v) is 9.88. The Hall–Kier alpha value is -0.570. The van der Waals surface area contributed by atoms with E-state index >= 15 is 0 Å². The van der Waals surface area contributed by atoms with Gasteiger partial charge in [0, 0.05) is 0 Å². The third kappa shape index (κ3) is 19.4. The number of carbonyl (C=O) groups is 1. The molecule has 0 bridgehead atoms. The fourth-order valence-corrected chi connectivity index (χ4v) is 2.66. The van der Waals surface area contributed by atoms with E-state index in [0.29, 0.717) is 6.54 Å². The van der Waals surface area contributed by atoms with Gasteiger partial charge in [-0.05, 0) is 33.7 Å². The number of unbranched alkanes of at least 4 members (excludes halogenated alkanes) is 11. The Morgan fingerprint density at radius 2 is 1.22 bits per heavy atom. The second-order valence-corrected chi connectivity index (χ2v) is 7.65. The summed E-state index contributed by atoms with van der Waals surface area (Å²) in [6.07, 6.45) is 16.3. The van der Waals surface area contributed by atoms with Crippen molar-refractivity contribution in [1.29, 1.82) is 0 Å². The molecule has 1 N–H and O–H groups in total. The molecule has 0 rings (SSSR count). The van der Waals surface area contributed by atoms with Gasteiger partial charge in [0.25, 0.3) is 0 Å². The van der Waals surface area contributed by atoms with E-state index in [1.807, 2.05) is 20.8 Å². The van der Waals surface area contributed by atoms with E-state index in [-0.39, 0.29) is 11.6 Å². The molecule has 0 aromatic rings. The predicted octanol–water partition coefficient (Wildman–Crippen LogP) is 5.62. The molecular weight excluding hydrogens is 286 g/mol. The van der Waals surface area contributed by atoms with Gasteiger partial charge in [0.15, 0.2) is 0 Å². The highest BCUT2D eigenvalue weighted by molar-refractivity contribution is 5.72. The number of hydrogen-bond donors (Lipinski definition) is 1. The Labute approximate surface area is 144 Å². The van der Waals surface area contributed by atoms with Gasteiger partial charge < -0.3 is 10.1 Å². The van der Waals surface area contributed by atoms with Crippen molar-refractivity contribution in [2.75, 3.05) is 13.1 Å². The molecule has 0 heterocycles. The summed E-state index contributed by atoms with van der Waals surface area (Å²) >= 11 is 0. The minimum absolute atomic E-state index is 0.156. The van der Waals surface area contributed by atoms with Gasteiger partial charge in [0.05, 0.1) is 6.54 Å². The molecule has 0 amide bonds. The first-order valence-electron chi connectivity index (χ1n) is 9.88. The standard InChI is InChI=1S/C20H41NO2/c1-5-6-7-8-9-10-11-12-13-14-15-16-17-21-18-19(22)23-20(2,3)4/h21H,5-18H2,1-4H3. The summed E-state index contributed by atoms with van der Waals surface area (Å²) in [5.74, 6) is -0.156. The maximum atomic E-state index is 11.5. The van der Waals surface area contributed by atoms with Crippen LogP contribution in [0.4, 0.5) is 0 Å². The van der Waals surface area contributed by atoms with Crippen LogP contribution in [0.3, 0.4) is 0 Å². The van der Waals surface area contributed by atoms with Crippen molar-refractivity contribution < 1.29 is 9.53 Å². The number of rotatable bonds is 15. The largest absolute Gasteiger partial charge is 0.459 e. The van der Waals surface area contributed by atoms with Crippen LogP contribution in [0.1, 0.15) is 105 Å². The van der Waals surface area contributed by atoms with Crippen LogP contribution in [0.15, 0.2) is 0 Å². The Balaban J connectivity index is 3.15. The summed E-state index contributed by atoms with van der Waals surface area (Å²) in [6, 6.07) is 0. The van der Waals surface area contributed by atoms with Crippen LogP contribution < -0.4 is 5.32 Å². The monoisotopic (exact) mass is 327 g/mol. The summed E-state index contributed by atoms with van der Waals surface area (Å²) in [4.78, 5) is 11.5. The highest BCUT2D eigenvalue weighted by Crippen LogP contribution is 2.11. The van der Waals surface area contributed by atoms with E-state index in [0.717, 1.165) is 13.0 Å². The van der Waals surface area contributed by atoms with Gasteiger partial charge in [0.1, 0.15) is 5.60 Å². The fraction of sp³-hybridized carbons (Fsp3) is 0.950. The second kappa shape index (κ2) is 15.0. The molecule has 0 spiro atoms. The molecule has 0 aromatic carbocycles. The van der Waals surface area contributed by atoms with Crippen LogP contribution in [-0.4, -0.2) is 24.7 Å². The van der Waals surface area contributed by atoms with Gasteiger partial charge in [-0.3, -0.25) is 4.79 Å². The van der Waals surface area contributed by atoms with Crippen LogP contribution in [-0.2, 0) is 9.53 Å². The molecule has 23 heavy (non-hydrogen) atoms. The number of carbonyl (C=O) groups excluding carboxylic acids is 1. The maximum Gasteiger partial charge on any atom is 0.320 e. The molecular formula is C20H41NO2. The Morgan fingerprint density at radius 3 is 1.65 bits per heavy atom. The number of ether oxygens (including phenoxy) is 1. The fourth-order valence-electron chi connectivity index (χ4n) is 2.66. The number of nitrogens with one attached hydrogen (secondary N) is 1. The zero-order valence-electron chi connectivity index (χ0n) is 16.2. The van der Waals surface area contributed by atoms with E-state index in [1.54, 1.807) is 0 Å². The average molecular weight is 328 g/mol. The quantitative estimate of drug-likeness (QED) is 0.313. The normalized spacial score (nSPS) is 11.7. The molecule has 0 saturated carbocycles. The lowest BCUT2D eigenvalue weighted by Gasteiger charge is -2.19. The third-order valence-corrected chi connectivity index (χ3v) is 3.90. The molecule has 0 unspecified atom stereocenters. The number of hydrogen-bond acceptors (Lipinski definition) is 3. The van der Waals surface area contributed by atoms with Gasteiger partial charge in [-0.15, -0.1) is 0 Å². The molecule has 0 aliphatic carbocycles. The van der Waals surface area contributed by atoms with E-state index < -0.39 is 0 Å². The van der Waals surface area contributed by atoms with Crippen molar-refractivity contribution in [3.8, 4) is 0 Å². The molecule has 0 radical (unpaired) electrons. The minimum atomic E-state index is -0.380. The van der Waals surface area contributed by atoms with Gasteiger partial charge in [-0.25, -0.2) is 0 Å². The van der Waals surface area contributed by atoms with Gasteiger partial charge >= 0.3 is 5.97 Å². The topological polar surface area (TPSA) is 38.3 Å². The predicted molar refractivity (Wildman–Crippen MR) is 99.8 cm³/mol. The molecule has 0 fully saturated rings. The Morgan fingerprint density at radius 1 is 0.783 bits per heavy atom. The molecule has 3 heteroatoms. The van der Waals surface area contributed by atoms with Crippen molar-refractivity contribution in [1.82, 2.24) is 5.32 Å². The zero-order valence-corrected chi connectivity index (χ0v) is 16.2. The average Bonchev–Trinajstić information content (AvgIpc) is 2.46. The van der Waals surface area contributed by atoms with Crippen molar-refractivity contribution in [2.24, 2.45) is 0 Å². The summed E-state index contributed by atoms with van der Waals surface area (Å²) in [5.41, 5.74) is -0.380. The molecule has 0 aliphatic heterocycles. The smallest absolute Gasteiger partial charge is 0.320 e. The molecule has 3 nitrogen and oxygen atoms in total. The van der Waals surface area contributed by atoms with Crippen LogP contribution in [0, 0.1) is 0 Å². The SMILES string of the molecule is CCCCCCCCCCCCCCNCC(=O)OC(C)(C)C. The summed E-state index contributed by atoms with van der Waals surface area (Å²) < 4.78 is 5.25. The minimum Gasteiger partial charge on any atom is -0.459 e. The van der Waals surface area contributed by atoms with Crippen LogP contribution in [0.25, 0.3) is 0 Å². The Bertz CT molecular complexity index is 271. The van der Waals surface area contributed by atoms with Crippen molar-refractivity contribution in [3.05, 3.63) is 0 Å². The van der Waals surface area contributed by atoms with Crippen LogP contribution >= 0.6 is 0 Å². The van der Waals surface area contributed by atoms with Gasteiger partial charge in [0.2, 0.25) is 0 Å². The summed E-state index contributed by atoms with van der Waals surface area (Å²) in [5, 5.41) is 3.17. The van der Waals surface area contributed by atoms with Crippen molar-refractivity contribution in [3.63, 3.8) is 0 Å². The summed E-state index contributed by atoms with van der Waals surface area (Å²) in [7, 11) is 0. The van der Waals surface area contributed by atoms with Crippen LogP contribution in [0.5, 0.6) is 0 Å². The lowest BCUT2D eigenvalue weighted by molar-refractivity contribution is -0.153. The lowest BCUT2D eigenvalue weighted by atomic mass is 10.1. The molecule has 0 aliphatic rings. The molecule has 0 saturated heterocycles. The van der Waals surface area contributed by atoms with E-state index in [4.69, 9.17) is 4.74 Å². The zero-order chi connectivity index (χ0) is 17.4. The van der Waals surface area contributed by atoms with E-state index in [1.165, 1.54) is 70.6 Å². The molecule has 0 atom stereocenters. The first-order chi connectivity index (χ1) is 11.0. The van der Waals surface area contributed by atoms with E-state index in [2.05, 4.69) is 12.2 Å². The lowest BCUT2D eigenvalue weighted by Crippen LogP contribution is -2.31. The number of esters is 1. The summed E-state index contributed by atoms with van der Waals surface area (Å²) in [6.45, 7) is 9.21. The highest BCUT2D eigenvalue weighted by atomic mass is 16.6. The Kier molecular flexibility index (Phi) is 14.6. The molecule has 138 valence electrons. The second-order valence-electron chi connectivity index (χ2n) is 7.65. The van der Waals surface area contributed by atoms with E-state index in [9.17, 15) is 4.79 Å². The van der Waals surface area contributed by atoms with Crippen molar-refractivity contribution in [2.45, 2.75) is 110 Å². The van der Waals surface area contributed by atoms with Crippen molar-refractivity contribution >= 4 is 5.97 Å². The van der Waals surface area contributed by atoms with Gasteiger partial charge in [-0.2, -0.15) is 0 Å². The third-order valence-electron chi connectivity index (χ3n) is 3.90.